The fourth-order valence-corrected chi connectivity index (χ4v) is 1.50. The topological polar surface area (TPSA) is 61.3 Å². The number of guanidine groups is 1. The molecule has 1 aliphatic heterocycles. The summed E-state index contributed by atoms with van der Waals surface area (Å²) in [7, 11) is 0. The fraction of sp³-hybridized carbons (Fsp3) is 0.455. The first-order chi connectivity index (χ1) is 7.84. The molecule has 2 heterocycles. The van der Waals surface area contributed by atoms with E-state index in [4.69, 9.17) is 0 Å². The average molecular weight is 219 g/mol. The van der Waals surface area contributed by atoms with Gasteiger partial charge in [-0.2, -0.15) is 0 Å². The molecule has 3 N–H and O–H groups in total. The van der Waals surface area contributed by atoms with Crippen molar-refractivity contribution in [2.75, 3.05) is 25.0 Å². The van der Waals surface area contributed by atoms with Crippen LogP contribution >= 0.6 is 0 Å². The standard InChI is InChI=1S/C11H17N5/c1-9-8-15-11(16-9)14-7-6-13-10-4-2-3-5-12-10/h2-5,9H,6-8H2,1H3,(H,12,13)(H2,14,15,16). The van der Waals surface area contributed by atoms with Gasteiger partial charge < -0.3 is 16.0 Å². The molecule has 0 aliphatic carbocycles. The number of aliphatic imine (C=N–C) groups is 1. The van der Waals surface area contributed by atoms with Crippen molar-refractivity contribution in [3.8, 4) is 0 Å². The fourth-order valence-electron chi connectivity index (χ4n) is 1.50. The lowest BCUT2D eigenvalue weighted by atomic mass is 10.4. The molecule has 5 nitrogen and oxygen atoms in total. The van der Waals surface area contributed by atoms with E-state index in [0.29, 0.717) is 6.04 Å². The van der Waals surface area contributed by atoms with E-state index < -0.39 is 0 Å². The second-order valence-electron chi connectivity index (χ2n) is 3.80. The smallest absolute Gasteiger partial charge is 0.191 e. The molecule has 86 valence electrons. The lowest BCUT2D eigenvalue weighted by molar-refractivity contribution is 0.714. The Morgan fingerprint density at radius 1 is 1.38 bits per heavy atom. The van der Waals surface area contributed by atoms with Gasteiger partial charge in [0, 0.05) is 25.3 Å². The van der Waals surface area contributed by atoms with Crippen LogP contribution in [0.1, 0.15) is 6.92 Å². The zero-order valence-corrected chi connectivity index (χ0v) is 9.40. The van der Waals surface area contributed by atoms with Crippen LogP contribution in [-0.2, 0) is 0 Å². The molecule has 1 aromatic rings. The maximum atomic E-state index is 4.31. The summed E-state index contributed by atoms with van der Waals surface area (Å²) in [5, 5.41) is 9.70. The normalized spacial score (nSPS) is 18.8. The quantitative estimate of drug-likeness (QED) is 0.643. The number of nitrogens with one attached hydrogen (secondary N) is 3. The molecule has 2 rings (SSSR count). The van der Waals surface area contributed by atoms with Crippen LogP contribution in [0.2, 0.25) is 0 Å². The first-order valence-electron chi connectivity index (χ1n) is 5.54. The number of hydrogen-bond acceptors (Lipinski definition) is 5. The Bertz CT molecular complexity index is 349. The molecule has 0 saturated carbocycles. The number of rotatable bonds is 4. The molecule has 0 saturated heterocycles. The molecule has 0 spiro atoms. The van der Waals surface area contributed by atoms with Crippen LogP contribution in [0, 0.1) is 0 Å². The van der Waals surface area contributed by atoms with Gasteiger partial charge in [0.1, 0.15) is 5.82 Å². The Hall–Kier alpha value is -1.78. The molecular formula is C11H17N5. The largest absolute Gasteiger partial charge is 0.368 e. The highest BCUT2D eigenvalue weighted by Gasteiger charge is 2.10. The van der Waals surface area contributed by atoms with E-state index >= 15 is 0 Å². The van der Waals surface area contributed by atoms with Crippen LogP contribution in [-0.4, -0.2) is 36.6 Å². The van der Waals surface area contributed by atoms with Crippen molar-refractivity contribution in [1.82, 2.24) is 15.6 Å². The van der Waals surface area contributed by atoms with E-state index in [-0.39, 0.29) is 0 Å². The second kappa shape index (κ2) is 5.34. The van der Waals surface area contributed by atoms with Crippen molar-refractivity contribution in [2.45, 2.75) is 13.0 Å². The molecule has 0 bridgehead atoms. The first-order valence-corrected chi connectivity index (χ1v) is 5.54. The van der Waals surface area contributed by atoms with E-state index in [1.807, 2.05) is 18.2 Å². The van der Waals surface area contributed by atoms with E-state index in [1.165, 1.54) is 0 Å². The second-order valence-corrected chi connectivity index (χ2v) is 3.80. The summed E-state index contributed by atoms with van der Waals surface area (Å²) in [5.74, 6) is 1.80. The van der Waals surface area contributed by atoms with Gasteiger partial charge >= 0.3 is 0 Å². The van der Waals surface area contributed by atoms with Gasteiger partial charge in [-0.15, -0.1) is 0 Å². The Morgan fingerprint density at radius 3 is 2.94 bits per heavy atom. The number of hydrogen-bond donors (Lipinski definition) is 3. The van der Waals surface area contributed by atoms with Crippen molar-refractivity contribution < 1.29 is 0 Å². The van der Waals surface area contributed by atoms with Gasteiger partial charge in [-0.05, 0) is 19.1 Å². The van der Waals surface area contributed by atoms with Crippen LogP contribution in [0.3, 0.4) is 0 Å². The molecule has 0 amide bonds. The minimum Gasteiger partial charge on any atom is -0.368 e. The maximum absolute atomic E-state index is 4.31. The van der Waals surface area contributed by atoms with Crippen LogP contribution in [0.4, 0.5) is 5.82 Å². The monoisotopic (exact) mass is 219 g/mol. The summed E-state index contributed by atoms with van der Waals surface area (Å²) in [4.78, 5) is 8.49. The van der Waals surface area contributed by atoms with E-state index in [9.17, 15) is 0 Å². The molecular weight excluding hydrogens is 202 g/mol. The first kappa shape index (κ1) is 10.7. The summed E-state index contributed by atoms with van der Waals surface area (Å²) in [6.07, 6.45) is 1.78. The Labute approximate surface area is 95.4 Å². The van der Waals surface area contributed by atoms with Crippen molar-refractivity contribution in [3.05, 3.63) is 24.4 Å². The molecule has 0 aromatic carbocycles. The van der Waals surface area contributed by atoms with E-state index in [1.54, 1.807) is 6.20 Å². The van der Waals surface area contributed by atoms with Gasteiger partial charge in [0.2, 0.25) is 0 Å². The van der Waals surface area contributed by atoms with E-state index in [2.05, 4.69) is 32.9 Å². The number of aromatic nitrogens is 1. The minimum absolute atomic E-state index is 0.450. The van der Waals surface area contributed by atoms with Gasteiger partial charge in [-0.1, -0.05) is 6.07 Å². The number of pyridine rings is 1. The predicted molar refractivity (Wildman–Crippen MR) is 65.6 cm³/mol. The Morgan fingerprint density at radius 2 is 2.25 bits per heavy atom. The zero-order chi connectivity index (χ0) is 11.2. The summed E-state index contributed by atoms with van der Waals surface area (Å²) in [6, 6.07) is 6.27. The van der Waals surface area contributed by atoms with Crippen LogP contribution in [0.5, 0.6) is 0 Å². The molecule has 1 unspecified atom stereocenters. The zero-order valence-electron chi connectivity index (χ0n) is 9.40. The highest BCUT2D eigenvalue weighted by Crippen LogP contribution is 1.98. The van der Waals surface area contributed by atoms with Gasteiger partial charge in [0.25, 0.3) is 0 Å². The minimum atomic E-state index is 0.450. The Kier molecular flexibility index (Phi) is 3.58. The predicted octanol–water partition coefficient (Wildman–Crippen LogP) is 0.431. The molecule has 5 heteroatoms. The van der Waals surface area contributed by atoms with Crippen molar-refractivity contribution >= 4 is 11.8 Å². The molecule has 16 heavy (non-hydrogen) atoms. The Balaban J connectivity index is 1.62. The van der Waals surface area contributed by atoms with Crippen molar-refractivity contribution in [1.29, 1.82) is 0 Å². The lowest BCUT2D eigenvalue weighted by Gasteiger charge is -2.09. The third-order valence-electron chi connectivity index (χ3n) is 2.29. The molecule has 1 aromatic heterocycles. The third-order valence-corrected chi connectivity index (χ3v) is 2.29. The highest BCUT2D eigenvalue weighted by atomic mass is 15.2. The van der Waals surface area contributed by atoms with Crippen LogP contribution in [0.15, 0.2) is 29.4 Å². The van der Waals surface area contributed by atoms with Crippen molar-refractivity contribution in [2.24, 2.45) is 4.99 Å². The molecule has 1 atom stereocenters. The molecule has 0 fully saturated rings. The average Bonchev–Trinajstić information content (AvgIpc) is 2.72. The SMILES string of the molecule is CC1CN=C(NCCNc2ccccn2)N1. The molecule has 0 radical (unpaired) electrons. The van der Waals surface area contributed by atoms with E-state index in [0.717, 1.165) is 31.4 Å². The van der Waals surface area contributed by atoms with Crippen LogP contribution < -0.4 is 16.0 Å². The highest BCUT2D eigenvalue weighted by molar-refractivity contribution is 5.81. The third kappa shape index (κ3) is 3.12. The summed E-state index contributed by atoms with van der Waals surface area (Å²) in [6.45, 7) is 4.63. The van der Waals surface area contributed by atoms with Gasteiger partial charge in [0.15, 0.2) is 5.96 Å². The maximum Gasteiger partial charge on any atom is 0.191 e. The number of anilines is 1. The number of nitrogens with zero attached hydrogens (tertiary/aromatic N) is 2. The summed E-state index contributed by atoms with van der Waals surface area (Å²) >= 11 is 0. The lowest BCUT2D eigenvalue weighted by Crippen LogP contribution is -2.39. The van der Waals surface area contributed by atoms with Crippen LogP contribution in [0.25, 0.3) is 0 Å². The summed E-state index contributed by atoms with van der Waals surface area (Å²) < 4.78 is 0. The van der Waals surface area contributed by atoms with Crippen molar-refractivity contribution in [3.63, 3.8) is 0 Å². The van der Waals surface area contributed by atoms with Gasteiger partial charge in [-0.3, -0.25) is 4.99 Å². The van der Waals surface area contributed by atoms with Gasteiger partial charge in [0.05, 0.1) is 6.54 Å². The van der Waals surface area contributed by atoms with Gasteiger partial charge in [-0.25, -0.2) is 4.98 Å². The summed E-state index contributed by atoms with van der Waals surface area (Å²) in [5.41, 5.74) is 0. The molecule has 1 aliphatic rings.